The van der Waals surface area contributed by atoms with E-state index in [-0.39, 0.29) is 0 Å². The van der Waals surface area contributed by atoms with Crippen molar-refractivity contribution >= 4 is 70.4 Å². The summed E-state index contributed by atoms with van der Waals surface area (Å²) < 4.78 is 2.58. The smallest absolute Gasteiger partial charge is 0.0973 e. The van der Waals surface area contributed by atoms with Gasteiger partial charge in [-0.05, 0) is 76.7 Å². The van der Waals surface area contributed by atoms with Crippen LogP contribution < -0.4 is 4.90 Å². The number of nitrogens with zero attached hydrogens (tertiary/aromatic N) is 3. The summed E-state index contributed by atoms with van der Waals surface area (Å²) in [6.07, 6.45) is 0. The minimum atomic E-state index is 0.872. The lowest BCUT2D eigenvalue weighted by molar-refractivity contribution is 1.29. The van der Waals surface area contributed by atoms with E-state index in [1.807, 2.05) is 23.5 Å². The maximum Gasteiger partial charge on any atom is 0.0973 e. The molecule has 58 heavy (non-hydrogen) atoms. The van der Waals surface area contributed by atoms with E-state index in [2.05, 4.69) is 205 Å². The molecule has 0 saturated heterocycles. The van der Waals surface area contributed by atoms with Gasteiger partial charge in [0.25, 0.3) is 0 Å². The van der Waals surface area contributed by atoms with E-state index in [1.54, 1.807) is 0 Å². The number of hydrogen-bond acceptors (Lipinski definition) is 4. The summed E-state index contributed by atoms with van der Waals surface area (Å²) in [6, 6.07) is 75.7. The van der Waals surface area contributed by atoms with E-state index in [4.69, 9.17) is 9.97 Å². The van der Waals surface area contributed by atoms with E-state index in [9.17, 15) is 0 Å². The standard InChI is InChI=1S/C54H35N3S/c1-4-15-36(16-5-1)44-23-10-12-25-49(44)57(43-30-32-51-47(35-43)45-24-11-13-26-50(45)58-51)42-22-14-21-40(33-42)41-28-27-37-29-31-48-54(46(37)34-41)56-53(39-19-8-3-9-20-39)52(55-48)38-17-6-2-7-18-38/h1-35H. The van der Waals surface area contributed by atoms with Crippen molar-refractivity contribution in [2.45, 2.75) is 0 Å². The fraction of sp³-hybridized carbons (Fsp3) is 0. The second kappa shape index (κ2) is 14.3. The quantitative estimate of drug-likeness (QED) is 0.152. The largest absolute Gasteiger partial charge is 0.310 e. The first kappa shape index (κ1) is 33.9. The fourth-order valence-electron chi connectivity index (χ4n) is 8.25. The minimum Gasteiger partial charge on any atom is -0.310 e. The third-order valence-corrected chi connectivity index (χ3v) is 12.2. The lowest BCUT2D eigenvalue weighted by Crippen LogP contribution is -2.11. The highest BCUT2D eigenvalue weighted by Crippen LogP contribution is 2.45. The molecule has 0 aliphatic rings. The van der Waals surface area contributed by atoms with Gasteiger partial charge in [-0.1, -0.05) is 158 Å². The maximum absolute atomic E-state index is 5.42. The Hall–Kier alpha value is -7.40. The molecule has 9 aromatic carbocycles. The fourth-order valence-corrected chi connectivity index (χ4v) is 9.33. The van der Waals surface area contributed by atoms with Gasteiger partial charge in [-0.25, -0.2) is 9.97 Å². The van der Waals surface area contributed by atoms with Crippen molar-refractivity contribution in [3.05, 3.63) is 212 Å². The van der Waals surface area contributed by atoms with Gasteiger partial charge in [0.15, 0.2) is 0 Å². The lowest BCUT2D eigenvalue weighted by atomic mass is 9.98. The van der Waals surface area contributed by atoms with Crippen molar-refractivity contribution in [2.24, 2.45) is 0 Å². The van der Waals surface area contributed by atoms with E-state index in [0.717, 1.165) is 72.5 Å². The van der Waals surface area contributed by atoms with Crippen molar-refractivity contribution in [3.63, 3.8) is 0 Å². The summed E-state index contributed by atoms with van der Waals surface area (Å²) in [5, 5.41) is 4.75. The topological polar surface area (TPSA) is 29.0 Å². The summed E-state index contributed by atoms with van der Waals surface area (Å²) in [6.45, 7) is 0. The number of aromatic nitrogens is 2. The summed E-state index contributed by atoms with van der Waals surface area (Å²) in [5.41, 5.74) is 13.5. The molecule has 0 unspecified atom stereocenters. The van der Waals surface area contributed by atoms with Crippen molar-refractivity contribution in [2.75, 3.05) is 4.90 Å². The molecular weight excluding hydrogens is 723 g/mol. The summed E-state index contributed by atoms with van der Waals surface area (Å²) in [7, 11) is 0. The molecule has 3 nitrogen and oxygen atoms in total. The molecule has 0 bridgehead atoms. The molecule has 11 aromatic rings. The van der Waals surface area contributed by atoms with Crippen molar-refractivity contribution in [3.8, 4) is 44.8 Å². The Bertz CT molecular complexity index is 3280. The van der Waals surface area contributed by atoms with Gasteiger partial charge in [0.1, 0.15) is 0 Å². The van der Waals surface area contributed by atoms with Gasteiger partial charge >= 0.3 is 0 Å². The average Bonchev–Trinajstić information content (AvgIpc) is 3.68. The van der Waals surface area contributed by atoms with Gasteiger partial charge in [-0.15, -0.1) is 11.3 Å². The Balaban J connectivity index is 1.09. The predicted molar refractivity (Wildman–Crippen MR) is 246 cm³/mol. The molecule has 11 rings (SSSR count). The van der Waals surface area contributed by atoms with Crippen LogP contribution in [0.15, 0.2) is 212 Å². The Morgan fingerprint density at radius 1 is 0.362 bits per heavy atom. The number of rotatable bonds is 7. The van der Waals surface area contributed by atoms with Crippen LogP contribution in [0.2, 0.25) is 0 Å². The van der Waals surface area contributed by atoms with Crippen LogP contribution in [0, 0.1) is 0 Å². The molecule has 0 aliphatic heterocycles. The van der Waals surface area contributed by atoms with E-state index in [0.29, 0.717) is 0 Å². The van der Waals surface area contributed by atoms with Crippen LogP contribution in [0.1, 0.15) is 0 Å². The number of para-hydroxylation sites is 1. The molecule has 2 aromatic heterocycles. The Morgan fingerprint density at radius 2 is 0.966 bits per heavy atom. The number of anilines is 3. The Labute approximate surface area is 340 Å². The number of hydrogen-bond donors (Lipinski definition) is 0. The van der Waals surface area contributed by atoms with Crippen LogP contribution >= 0.6 is 11.3 Å². The predicted octanol–water partition coefficient (Wildman–Crippen LogP) is 15.3. The van der Waals surface area contributed by atoms with Crippen LogP contribution in [-0.2, 0) is 0 Å². The molecule has 0 atom stereocenters. The zero-order chi connectivity index (χ0) is 38.4. The molecule has 0 N–H and O–H groups in total. The van der Waals surface area contributed by atoms with Gasteiger partial charge in [-0.2, -0.15) is 0 Å². The van der Waals surface area contributed by atoms with Gasteiger partial charge in [-0.3, -0.25) is 0 Å². The number of thiophene rings is 1. The van der Waals surface area contributed by atoms with Crippen LogP contribution in [0.5, 0.6) is 0 Å². The highest BCUT2D eigenvalue weighted by molar-refractivity contribution is 7.25. The molecule has 0 spiro atoms. The first-order valence-electron chi connectivity index (χ1n) is 19.6. The molecule has 0 fully saturated rings. The number of fused-ring (bicyclic) bond motifs is 6. The number of benzene rings is 9. The van der Waals surface area contributed by atoms with E-state index >= 15 is 0 Å². The van der Waals surface area contributed by atoms with Crippen LogP contribution in [0.4, 0.5) is 17.1 Å². The van der Waals surface area contributed by atoms with Crippen LogP contribution in [0.3, 0.4) is 0 Å². The van der Waals surface area contributed by atoms with Gasteiger partial charge < -0.3 is 4.90 Å². The van der Waals surface area contributed by atoms with Crippen molar-refractivity contribution in [1.29, 1.82) is 0 Å². The Morgan fingerprint density at radius 3 is 1.76 bits per heavy atom. The monoisotopic (exact) mass is 757 g/mol. The second-order valence-electron chi connectivity index (χ2n) is 14.6. The van der Waals surface area contributed by atoms with Crippen molar-refractivity contribution in [1.82, 2.24) is 9.97 Å². The van der Waals surface area contributed by atoms with Gasteiger partial charge in [0, 0.05) is 53.6 Å². The van der Waals surface area contributed by atoms with Gasteiger partial charge in [0.2, 0.25) is 0 Å². The van der Waals surface area contributed by atoms with Crippen molar-refractivity contribution < 1.29 is 0 Å². The van der Waals surface area contributed by atoms with Gasteiger partial charge in [0.05, 0.1) is 28.1 Å². The zero-order valence-electron chi connectivity index (χ0n) is 31.5. The highest BCUT2D eigenvalue weighted by Gasteiger charge is 2.20. The molecule has 0 aliphatic carbocycles. The maximum atomic E-state index is 5.42. The first-order chi connectivity index (χ1) is 28.7. The third kappa shape index (κ3) is 5.99. The Kier molecular flexibility index (Phi) is 8.34. The highest BCUT2D eigenvalue weighted by atomic mass is 32.1. The normalized spacial score (nSPS) is 11.4. The minimum absolute atomic E-state index is 0.872. The molecule has 2 heterocycles. The summed E-state index contributed by atoms with van der Waals surface area (Å²) in [5.74, 6) is 0. The summed E-state index contributed by atoms with van der Waals surface area (Å²) in [4.78, 5) is 13.1. The van der Waals surface area contributed by atoms with Crippen LogP contribution in [0.25, 0.3) is 86.7 Å². The molecular formula is C54H35N3S. The molecule has 4 heteroatoms. The molecule has 0 saturated carbocycles. The molecule has 272 valence electrons. The lowest BCUT2D eigenvalue weighted by Gasteiger charge is -2.28. The average molecular weight is 758 g/mol. The second-order valence-corrected chi connectivity index (χ2v) is 15.7. The van der Waals surface area contributed by atoms with E-state index in [1.165, 1.54) is 31.3 Å². The molecule has 0 radical (unpaired) electrons. The zero-order valence-corrected chi connectivity index (χ0v) is 32.3. The molecule has 0 amide bonds. The van der Waals surface area contributed by atoms with Crippen LogP contribution in [-0.4, -0.2) is 9.97 Å². The van der Waals surface area contributed by atoms with E-state index < -0.39 is 0 Å². The summed E-state index contributed by atoms with van der Waals surface area (Å²) >= 11 is 1.85. The first-order valence-corrected chi connectivity index (χ1v) is 20.4. The third-order valence-electron chi connectivity index (χ3n) is 11.0. The SMILES string of the molecule is c1ccc(-c2ccccc2N(c2cccc(-c3ccc4ccc5nc(-c6ccccc6)c(-c6ccccc6)nc5c4c3)c2)c2ccc3sc4ccccc4c3c2)cc1.